The molecule has 0 amide bonds. The Morgan fingerprint density at radius 1 is 1.27 bits per heavy atom. The van der Waals surface area contributed by atoms with Gasteiger partial charge in [-0.15, -0.1) is 0 Å². The van der Waals surface area contributed by atoms with E-state index in [0.717, 1.165) is 12.8 Å². The zero-order valence-electron chi connectivity index (χ0n) is 22.7. The highest BCUT2D eigenvalue weighted by atomic mass is 32.2. The van der Waals surface area contributed by atoms with E-state index in [0.29, 0.717) is 30.1 Å². The summed E-state index contributed by atoms with van der Waals surface area (Å²) < 4.78 is 57.8. The number of sulfonamides is 1. The van der Waals surface area contributed by atoms with Crippen LogP contribution in [-0.4, -0.2) is 43.1 Å². The van der Waals surface area contributed by atoms with Crippen LogP contribution in [0.3, 0.4) is 0 Å². The molecule has 1 fully saturated rings. The molecule has 2 unspecified atom stereocenters. The van der Waals surface area contributed by atoms with Crippen molar-refractivity contribution >= 4 is 15.7 Å². The molecule has 1 saturated carbocycles. The van der Waals surface area contributed by atoms with Crippen molar-refractivity contribution in [2.75, 3.05) is 20.1 Å². The quantitative estimate of drug-likeness (QED) is 0.297. The Hall–Kier alpha value is -2.72. The van der Waals surface area contributed by atoms with Crippen LogP contribution in [-0.2, 0) is 10.0 Å². The van der Waals surface area contributed by atoms with Gasteiger partial charge in [0.2, 0.25) is 10.0 Å². The summed E-state index contributed by atoms with van der Waals surface area (Å²) in [5.74, 6) is -1.51. The fraction of sp³-hybridized carbons (Fsp3) is 0.519. The number of azo groups is 1. The largest absolute Gasteiger partial charge is 0.281 e. The summed E-state index contributed by atoms with van der Waals surface area (Å²) >= 11 is 0. The third-order valence-corrected chi connectivity index (χ3v) is 10.3. The maximum absolute atomic E-state index is 14.5. The first-order valence-electron chi connectivity index (χ1n) is 12.4. The van der Waals surface area contributed by atoms with E-state index < -0.39 is 27.1 Å². The molecule has 0 aliphatic heterocycles. The van der Waals surface area contributed by atoms with Gasteiger partial charge in [-0.25, -0.2) is 17.2 Å². The lowest BCUT2D eigenvalue weighted by molar-refractivity contribution is 0.0803. The summed E-state index contributed by atoms with van der Waals surface area (Å²) in [6.07, 6.45) is 3.10. The molecule has 2 aromatic rings. The van der Waals surface area contributed by atoms with Gasteiger partial charge in [-0.1, -0.05) is 40.3 Å². The molecule has 10 heteroatoms. The second kappa shape index (κ2) is 10.6. The number of aryl methyl sites for hydroxylation is 2. The zero-order valence-corrected chi connectivity index (χ0v) is 23.5. The molecular weight excluding hydrogens is 496 g/mol. The second-order valence-corrected chi connectivity index (χ2v) is 12.4. The third kappa shape index (κ3) is 5.18. The average molecular weight is 534 g/mol. The molecule has 1 aromatic heterocycles. The van der Waals surface area contributed by atoms with E-state index in [4.69, 9.17) is 0 Å². The molecule has 2 atom stereocenters. The van der Waals surface area contributed by atoms with Crippen LogP contribution in [0.5, 0.6) is 0 Å². The minimum atomic E-state index is -3.76. The van der Waals surface area contributed by atoms with Gasteiger partial charge in [-0.3, -0.25) is 5.10 Å². The van der Waals surface area contributed by atoms with Crippen LogP contribution in [0.15, 0.2) is 51.6 Å². The molecule has 37 heavy (non-hydrogen) atoms. The van der Waals surface area contributed by atoms with Gasteiger partial charge in [0.1, 0.15) is 16.5 Å². The molecule has 0 spiro atoms. The maximum atomic E-state index is 14.5. The summed E-state index contributed by atoms with van der Waals surface area (Å²) in [5, 5.41) is 14.6. The van der Waals surface area contributed by atoms with Gasteiger partial charge in [-0.05, 0) is 67.2 Å². The van der Waals surface area contributed by atoms with E-state index in [1.54, 1.807) is 19.9 Å². The minimum absolute atomic E-state index is 0.0619. The highest BCUT2D eigenvalue weighted by Crippen LogP contribution is 2.58. The van der Waals surface area contributed by atoms with Crippen LogP contribution in [0.1, 0.15) is 57.5 Å². The topological polar surface area (TPSA) is 90.8 Å². The molecular formula is C27H37F2N5O2S. The number of aromatic nitrogens is 2. The van der Waals surface area contributed by atoms with E-state index >= 15 is 0 Å². The summed E-state index contributed by atoms with van der Waals surface area (Å²) in [7, 11) is -2.32. The van der Waals surface area contributed by atoms with Crippen molar-refractivity contribution in [1.82, 2.24) is 14.5 Å². The summed E-state index contributed by atoms with van der Waals surface area (Å²) in [6, 6.07) is 3.66. The number of allylic oxidation sites excluding steroid dienone is 2. The lowest BCUT2D eigenvalue weighted by atomic mass is 9.64. The molecule has 1 aliphatic rings. The number of hydrogen-bond donors (Lipinski definition) is 1. The number of aromatic amines is 1. The van der Waals surface area contributed by atoms with E-state index in [1.807, 2.05) is 6.92 Å². The van der Waals surface area contributed by atoms with Crippen molar-refractivity contribution in [3.8, 4) is 0 Å². The predicted octanol–water partition coefficient (Wildman–Crippen LogP) is 6.44. The number of nitrogens with zero attached hydrogens (tertiary/aromatic N) is 4. The molecule has 3 rings (SSSR count). The molecule has 1 N–H and O–H groups in total. The van der Waals surface area contributed by atoms with E-state index in [-0.39, 0.29) is 27.5 Å². The van der Waals surface area contributed by atoms with Gasteiger partial charge in [0.15, 0.2) is 0 Å². The van der Waals surface area contributed by atoms with Crippen LogP contribution in [0.2, 0.25) is 0 Å². The SMILES string of the molecule is C=C(/C=C(\N=N/C)c1c(F)cccc1F)C1CCC(C)(CN(CC)S(=O)(=O)c2c(C)n[nH]c2C)C1(C)C. The van der Waals surface area contributed by atoms with Crippen molar-refractivity contribution in [3.05, 3.63) is 65.0 Å². The lowest BCUT2D eigenvalue weighted by Gasteiger charge is -2.44. The smallest absolute Gasteiger partial charge is 0.246 e. The van der Waals surface area contributed by atoms with E-state index in [9.17, 15) is 17.2 Å². The molecule has 202 valence electrons. The van der Waals surface area contributed by atoms with Crippen molar-refractivity contribution < 1.29 is 17.2 Å². The van der Waals surface area contributed by atoms with Crippen LogP contribution in [0, 0.1) is 42.2 Å². The molecule has 0 bridgehead atoms. The Balaban J connectivity index is 1.94. The first-order chi connectivity index (χ1) is 17.2. The number of hydrogen-bond acceptors (Lipinski definition) is 5. The Morgan fingerprint density at radius 3 is 2.41 bits per heavy atom. The van der Waals surface area contributed by atoms with E-state index in [1.165, 1.54) is 29.6 Å². The van der Waals surface area contributed by atoms with Crippen molar-refractivity contribution in [2.24, 2.45) is 27.0 Å². The molecule has 0 saturated heterocycles. The van der Waals surface area contributed by atoms with Gasteiger partial charge in [0.25, 0.3) is 0 Å². The van der Waals surface area contributed by atoms with E-state index in [2.05, 4.69) is 47.8 Å². The van der Waals surface area contributed by atoms with Gasteiger partial charge in [0.05, 0.1) is 22.6 Å². The van der Waals surface area contributed by atoms with Crippen LogP contribution < -0.4 is 0 Å². The number of halogens is 2. The van der Waals surface area contributed by atoms with Gasteiger partial charge in [-0.2, -0.15) is 19.6 Å². The molecule has 1 heterocycles. The number of benzene rings is 1. The summed E-state index contributed by atoms with van der Waals surface area (Å²) in [4.78, 5) is 0.221. The minimum Gasteiger partial charge on any atom is -0.281 e. The van der Waals surface area contributed by atoms with Gasteiger partial charge in [0, 0.05) is 20.1 Å². The van der Waals surface area contributed by atoms with Crippen LogP contribution in [0.25, 0.3) is 5.70 Å². The fourth-order valence-electron chi connectivity index (χ4n) is 5.58. The molecule has 1 aromatic carbocycles. The molecule has 1 aliphatic carbocycles. The summed E-state index contributed by atoms with van der Waals surface area (Å²) in [5.41, 5.74) is 0.678. The highest BCUT2D eigenvalue weighted by Gasteiger charge is 2.53. The van der Waals surface area contributed by atoms with Crippen LogP contribution >= 0.6 is 0 Å². The third-order valence-electron chi connectivity index (χ3n) is 8.14. The first kappa shape index (κ1) is 28.8. The van der Waals surface area contributed by atoms with Gasteiger partial charge < -0.3 is 0 Å². The first-order valence-corrected chi connectivity index (χ1v) is 13.8. The lowest BCUT2D eigenvalue weighted by Crippen LogP contribution is -2.46. The Kier molecular flexibility index (Phi) is 8.24. The predicted molar refractivity (Wildman–Crippen MR) is 141 cm³/mol. The Bertz CT molecular complexity index is 1310. The second-order valence-electron chi connectivity index (χ2n) is 10.6. The van der Waals surface area contributed by atoms with Crippen molar-refractivity contribution in [1.29, 1.82) is 0 Å². The number of rotatable bonds is 9. The maximum Gasteiger partial charge on any atom is 0.246 e. The van der Waals surface area contributed by atoms with Crippen LogP contribution in [0.4, 0.5) is 8.78 Å². The molecule has 7 nitrogen and oxygen atoms in total. The van der Waals surface area contributed by atoms with Crippen molar-refractivity contribution in [3.63, 3.8) is 0 Å². The monoisotopic (exact) mass is 533 g/mol. The Labute approximate surface area is 218 Å². The molecule has 0 radical (unpaired) electrons. The normalized spacial score (nSPS) is 22.3. The number of H-pyrrole nitrogens is 1. The highest BCUT2D eigenvalue weighted by molar-refractivity contribution is 7.89. The fourth-order valence-corrected chi connectivity index (χ4v) is 7.49. The average Bonchev–Trinajstić information content (AvgIpc) is 3.26. The number of nitrogens with one attached hydrogen (secondary N) is 1. The standard InChI is InChI=1S/C27H37F2N5O2S/c1-9-34(37(35,36)25-18(3)31-32-19(25)4)16-27(7)14-13-20(26(27,5)6)17(2)15-23(33-30-8)24-21(28)11-10-12-22(24)29/h10-12,15,20H,2,9,13-14,16H2,1,3-8H3,(H,31,32)/b23-15-,33-30-. The summed E-state index contributed by atoms with van der Waals surface area (Å²) in [6.45, 7) is 16.4. The zero-order chi connectivity index (χ0) is 27.8. The Morgan fingerprint density at radius 2 is 1.89 bits per heavy atom. The van der Waals surface area contributed by atoms with Gasteiger partial charge >= 0.3 is 0 Å². The van der Waals surface area contributed by atoms with Crippen molar-refractivity contribution in [2.45, 2.75) is 59.3 Å².